The smallest absolute Gasteiger partial charge is 0.309 e. The molecule has 15 heavy (non-hydrogen) atoms. The van der Waals surface area contributed by atoms with E-state index in [1.807, 2.05) is 18.2 Å². The Hall–Kier alpha value is -1.51. The topological polar surface area (TPSA) is 39.4 Å². The number of furan rings is 1. The molecule has 0 unspecified atom stereocenters. The van der Waals surface area contributed by atoms with E-state index in [2.05, 4.69) is 6.08 Å². The quantitative estimate of drug-likeness (QED) is 0.551. The van der Waals surface area contributed by atoms with Crippen molar-refractivity contribution >= 4 is 5.97 Å². The third-order valence-electron chi connectivity index (χ3n) is 2.77. The van der Waals surface area contributed by atoms with E-state index in [4.69, 9.17) is 9.15 Å². The van der Waals surface area contributed by atoms with E-state index in [-0.39, 0.29) is 17.8 Å². The zero-order valence-corrected chi connectivity index (χ0v) is 8.68. The van der Waals surface area contributed by atoms with Gasteiger partial charge in [-0.1, -0.05) is 12.2 Å². The van der Waals surface area contributed by atoms with E-state index < -0.39 is 0 Å². The van der Waals surface area contributed by atoms with Gasteiger partial charge in [-0.05, 0) is 25.0 Å². The van der Waals surface area contributed by atoms with Gasteiger partial charge in [-0.15, -0.1) is 0 Å². The fourth-order valence-corrected chi connectivity index (χ4v) is 1.96. The molecule has 2 atom stereocenters. The lowest BCUT2D eigenvalue weighted by Crippen LogP contribution is -2.20. The summed E-state index contributed by atoms with van der Waals surface area (Å²) in [5.74, 6) is 0.962. The first-order valence-electron chi connectivity index (χ1n) is 5.09. The molecule has 0 saturated heterocycles. The van der Waals surface area contributed by atoms with Crippen molar-refractivity contribution in [3.8, 4) is 0 Å². The molecule has 0 aliphatic heterocycles. The van der Waals surface area contributed by atoms with E-state index in [0.717, 1.165) is 18.6 Å². The highest BCUT2D eigenvalue weighted by Gasteiger charge is 2.26. The Morgan fingerprint density at radius 1 is 1.60 bits per heavy atom. The van der Waals surface area contributed by atoms with E-state index in [1.54, 1.807) is 6.26 Å². The third-order valence-corrected chi connectivity index (χ3v) is 2.77. The second kappa shape index (κ2) is 4.34. The molecule has 0 amide bonds. The highest BCUT2D eigenvalue weighted by atomic mass is 16.5. The molecule has 0 fully saturated rings. The van der Waals surface area contributed by atoms with Crippen LogP contribution in [0.15, 0.2) is 35.0 Å². The largest absolute Gasteiger partial charge is 0.469 e. The van der Waals surface area contributed by atoms with Crippen LogP contribution in [0.1, 0.15) is 24.5 Å². The van der Waals surface area contributed by atoms with Gasteiger partial charge in [-0.2, -0.15) is 0 Å². The van der Waals surface area contributed by atoms with E-state index in [0.29, 0.717) is 0 Å². The molecule has 1 aliphatic rings. The van der Waals surface area contributed by atoms with Crippen LogP contribution >= 0.6 is 0 Å². The van der Waals surface area contributed by atoms with Gasteiger partial charge in [-0.25, -0.2) is 0 Å². The highest BCUT2D eigenvalue weighted by molar-refractivity contribution is 5.72. The maximum atomic E-state index is 11.4. The first-order valence-corrected chi connectivity index (χ1v) is 5.09. The van der Waals surface area contributed by atoms with Crippen molar-refractivity contribution in [1.29, 1.82) is 0 Å². The normalized spacial score (nSPS) is 25.1. The number of ether oxygens (including phenoxy) is 1. The number of carbonyl (C=O) groups excluding carboxylic acids is 1. The van der Waals surface area contributed by atoms with Gasteiger partial charge in [0.25, 0.3) is 0 Å². The highest BCUT2D eigenvalue weighted by Crippen LogP contribution is 2.32. The Balaban J connectivity index is 2.08. The first kappa shape index (κ1) is 10.0. The summed E-state index contributed by atoms with van der Waals surface area (Å²) in [5.41, 5.74) is 0. The predicted molar refractivity (Wildman–Crippen MR) is 55.3 cm³/mol. The Morgan fingerprint density at radius 2 is 2.47 bits per heavy atom. The van der Waals surface area contributed by atoms with Crippen molar-refractivity contribution < 1.29 is 13.9 Å². The Morgan fingerprint density at radius 3 is 3.13 bits per heavy atom. The van der Waals surface area contributed by atoms with Crippen molar-refractivity contribution in [3.63, 3.8) is 0 Å². The molecule has 0 aromatic carbocycles. The molecule has 0 saturated carbocycles. The molecule has 1 aromatic heterocycles. The molecule has 0 radical (unpaired) electrons. The average Bonchev–Trinajstić information content (AvgIpc) is 2.82. The molecule has 0 spiro atoms. The fourth-order valence-electron chi connectivity index (χ4n) is 1.96. The summed E-state index contributed by atoms with van der Waals surface area (Å²) < 4.78 is 10.1. The first-order chi connectivity index (χ1) is 7.31. The number of hydrogen-bond donors (Lipinski definition) is 0. The zero-order valence-electron chi connectivity index (χ0n) is 8.68. The van der Waals surface area contributed by atoms with Crippen LogP contribution in [0.5, 0.6) is 0 Å². The van der Waals surface area contributed by atoms with Gasteiger partial charge in [0.05, 0.1) is 19.3 Å². The molecule has 80 valence electrons. The number of carbonyl (C=O) groups is 1. The Labute approximate surface area is 88.7 Å². The molecule has 3 heteroatoms. The van der Waals surface area contributed by atoms with E-state index >= 15 is 0 Å². The molecule has 3 nitrogen and oxygen atoms in total. The summed E-state index contributed by atoms with van der Waals surface area (Å²) >= 11 is 0. The SMILES string of the molecule is COC(=O)[C@@H]1CC=C[C@@H](c2ccco2)C1. The number of rotatable bonds is 2. The van der Waals surface area contributed by atoms with Gasteiger partial charge in [0, 0.05) is 5.92 Å². The van der Waals surface area contributed by atoms with Gasteiger partial charge in [0.1, 0.15) is 5.76 Å². The van der Waals surface area contributed by atoms with Crippen molar-refractivity contribution in [2.75, 3.05) is 7.11 Å². The second-order valence-electron chi connectivity index (χ2n) is 3.74. The minimum atomic E-state index is -0.129. The van der Waals surface area contributed by atoms with Crippen LogP contribution in [0, 0.1) is 5.92 Å². The maximum absolute atomic E-state index is 11.4. The van der Waals surface area contributed by atoms with Crippen molar-refractivity contribution in [2.45, 2.75) is 18.8 Å². The monoisotopic (exact) mass is 206 g/mol. The number of esters is 1. The molecule has 0 bridgehead atoms. The Kier molecular flexibility index (Phi) is 2.90. The van der Waals surface area contributed by atoms with Crippen LogP contribution in [0.4, 0.5) is 0 Å². The Bertz CT molecular complexity index is 351. The summed E-state index contributed by atoms with van der Waals surface area (Å²) in [6.45, 7) is 0. The lowest BCUT2D eigenvalue weighted by Gasteiger charge is -2.21. The van der Waals surface area contributed by atoms with Gasteiger partial charge >= 0.3 is 5.97 Å². The van der Waals surface area contributed by atoms with E-state index in [9.17, 15) is 4.79 Å². The number of hydrogen-bond acceptors (Lipinski definition) is 3. The third kappa shape index (κ3) is 2.12. The molecule has 1 aliphatic carbocycles. The summed E-state index contributed by atoms with van der Waals surface area (Å²) in [5, 5.41) is 0. The average molecular weight is 206 g/mol. The van der Waals surface area contributed by atoms with Gasteiger partial charge in [0.15, 0.2) is 0 Å². The van der Waals surface area contributed by atoms with Crippen LogP contribution in [0.2, 0.25) is 0 Å². The molecule has 1 aromatic rings. The minimum Gasteiger partial charge on any atom is -0.469 e. The van der Waals surface area contributed by atoms with Crippen LogP contribution in [0.25, 0.3) is 0 Å². The summed E-state index contributed by atoms with van der Waals surface area (Å²) in [4.78, 5) is 11.4. The van der Waals surface area contributed by atoms with Crippen molar-refractivity contribution in [3.05, 3.63) is 36.3 Å². The van der Waals surface area contributed by atoms with Gasteiger partial charge in [-0.3, -0.25) is 4.79 Å². The van der Waals surface area contributed by atoms with Crippen LogP contribution in [-0.4, -0.2) is 13.1 Å². The van der Waals surface area contributed by atoms with Crippen molar-refractivity contribution in [1.82, 2.24) is 0 Å². The maximum Gasteiger partial charge on any atom is 0.309 e. The lowest BCUT2D eigenvalue weighted by atomic mass is 9.85. The zero-order chi connectivity index (χ0) is 10.7. The van der Waals surface area contributed by atoms with Gasteiger partial charge < -0.3 is 9.15 Å². The number of methoxy groups -OCH3 is 1. The van der Waals surface area contributed by atoms with Crippen LogP contribution in [-0.2, 0) is 9.53 Å². The van der Waals surface area contributed by atoms with Crippen LogP contribution in [0.3, 0.4) is 0 Å². The predicted octanol–water partition coefficient (Wildman–Crippen LogP) is 2.50. The summed E-state index contributed by atoms with van der Waals surface area (Å²) in [6, 6.07) is 3.81. The summed E-state index contributed by atoms with van der Waals surface area (Å²) in [7, 11) is 1.43. The second-order valence-corrected chi connectivity index (χ2v) is 3.74. The fraction of sp³-hybridized carbons (Fsp3) is 0.417. The molecular formula is C12H14O3. The van der Waals surface area contributed by atoms with E-state index in [1.165, 1.54) is 7.11 Å². The molecular weight excluding hydrogens is 192 g/mol. The standard InChI is InChI=1S/C12H14O3/c1-14-12(13)10-5-2-4-9(8-10)11-6-3-7-15-11/h2-4,6-7,9-10H,5,8H2,1H3/t9-,10-/m1/s1. The van der Waals surface area contributed by atoms with Gasteiger partial charge in [0.2, 0.25) is 0 Å². The van der Waals surface area contributed by atoms with Crippen LogP contribution < -0.4 is 0 Å². The lowest BCUT2D eigenvalue weighted by molar-refractivity contribution is -0.145. The summed E-state index contributed by atoms with van der Waals surface area (Å²) in [6.07, 6.45) is 7.32. The number of allylic oxidation sites excluding steroid dienone is 2. The molecule has 2 rings (SSSR count). The minimum absolute atomic E-state index is 0.0323. The molecule has 1 heterocycles. The molecule has 0 N–H and O–H groups in total. The van der Waals surface area contributed by atoms with Crippen molar-refractivity contribution in [2.24, 2.45) is 5.92 Å².